The molecule has 1 aromatic heterocycles. The largest absolute Gasteiger partial charge is 0.294 e. The van der Waals surface area contributed by atoms with Gasteiger partial charge < -0.3 is 0 Å². The summed E-state index contributed by atoms with van der Waals surface area (Å²) in [4.78, 5) is 18.3. The molecule has 0 amide bonds. The molecule has 3 rings (SSSR count). The molecule has 1 aliphatic carbocycles. The average Bonchev–Trinajstić information content (AvgIpc) is 2.72. The smallest absolute Gasteiger partial charge is 0.166 e. The highest BCUT2D eigenvalue weighted by atomic mass is 32.1. The molecule has 2 nitrogen and oxygen atoms in total. The van der Waals surface area contributed by atoms with E-state index < -0.39 is 0 Å². The quantitative estimate of drug-likeness (QED) is 0.832. The highest BCUT2D eigenvalue weighted by molar-refractivity contribution is 7.11. The normalized spacial score (nSPS) is 18.4. The zero-order valence-electron chi connectivity index (χ0n) is 11.3. The van der Waals surface area contributed by atoms with Crippen molar-refractivity contribution in [2.24, 2.45) is 5.92 Å². The Kier molecular flexibility index (Phi) is 3.23. The summed E-state index contributed by atoms with van der Waals surface area (Å²) in [6, 6.07) is 8.00. The molecule has 1 aliphatic rings. The van der Waals surface area contributed by atoms with Crippen LogP contribution in [0, 0.1) is 19.8 Å². The maximum Gasteiger partial charge on any atom is 0.166 e. The second kappa shape index (κ2) is 4.89. The third-order valence-electron chi connectivity index (χ3n) is 3.91. The number of ketones is 1. The van der Waals surface area contributed by atoms with Crippen LogP contribution >= 0.6 is 11.3 Å². The van der Waals surface area contributed by atoms with E-state index in [4.69, 9.17) is 0 Å². The third-order valence-corrected chi connectivity index (χ3v) is 5.00. The number of hydrogen-bond donors (Lipinski definition) is 0. The Morgan fingerprint density at radius 2 is 2.11 bits per heavy atom. The lowest BCUT2D eigenvalue weighted by Crippen LogP contribution is -2.24. The number of carbonyl (C=O) groups is 1. The van der Waals surface area contributed by atoms with E-state index in [0.29, 0.717) is 5.78 Å². The molecule has 98 valence electrons. The fourth-order valence-electron chi connectivity index (χ4n) is 2.69. The van der Waals surface area contributed by atoms with Crippen molar-refractivity contribution in [3.05, 3.63) is 51.0 Å². The molecule has 0 N–H and O–H groups in total. The molecule has 0 spiro atoms. The molecule has 1 aromatic carbocycles. The molecule has 3 heteroatoms. The minimum atomic E-state index is 0.111. The molecular weight excluding hydrogens is 254 g/mol. The number of benzene rings is 1. The number of thiazole rings is 1. The molecule has 0 saturated carbocycles. The summed E-state index contributed by atoms with van der Waals surface area (Å²) in [5.41, 5.74) is 3.22. The molecule has 0 radical (unpaired) electrons. The third kappa shape index (κ3) is 2.35. The molecule has 0 aliphatic heterocycles. The van der Waals surface area contributed by atoms with Gasteiger partial charge in [0.15, 0.2) is 5.78 Å². The van der Waals surface area contributed by atoms with Crippen molar-refractivity contribution in [3.63, 3.8) is 0 Å². The Morgan fingerprint density at radius 3 is 2.84 bits per heavy atom. The first kappa shape index (κ1) is 12.5. The van der Waals surface area contributed by atoms with Gasteiger partial charge in [0.05, 0.1) is 10.7 Å². The van der Waals surface area contributed by atoms with E-state index in [1.165, 1.54) is 10.4 Å². The van der Waals surface area contributed by atoms with Crippen LogP contribution in [0.15, 0.2) is 24.3 Å². The number of aryl methyl sites for hydroxylation is 3. The van der Waals surface area contributed by atoms with E-state index >= 15 is 0 Å². The first-order valence-corrected chi connectivity index (χ1v) is 7.52. The summed E-state index contributed by atoms with van der Waals surface area (Å²) >= 11 is 1.73. The fraction of sp³-hybridized carbons (Fsp3) is 0.375. The van der Waals surface area contributed by atoms with Gasteiger partial charge in [0.25, 0.3) is 0 Å². The molecule has 1 heterocycles. The molecule has 0 bridgehead atoms. The lowest BCUT2D eigenvalue weighted by Gasteiger charge is -2.22. The lowest BCUT2D eigenvalue weighted by molar-refractivity contribution is 0.0901. The second-order valence-corrected chi connectivity index (χ2v) is 6.50. The standard InChI is InChI=1S/C16H17NOS/c1-10-11(2)19-15(17-10)9-13-8-7-12-5-3-4-6-14(12)16(13)18/h3-6,13H,7-9H2,1-2H3. The van der Waals surface area contributed by atoms with E-state index in [2.05, 4.69) is 18.0 Å². The first-order valence-electron chi connectivity index (χ1n) is 6.70. The maximum atomic E-state index is 12.5. The van der Waals surface area contributed by atoms with Crippen molar-refractivity contribution >= 4 is 17.1 Å². The highest BCUT2D eigenvalue weighted by Crippen LogP contribution is 2.29. The van der Waals surface area contributed by atoms with Crippen molar-refractivity contribution in [2.75, 3.05) is 0 Å². The second-order valence-electron chi connectivity index (χ2n) is 5.21. The van der Waals surface area contributed by atoms with Crippen molar-refractivity contribution in [2.45, 2.75) is 33.1 Å². The van der Waals surface area contributed by atoms with Crippen molar-refractivity contribution < 1.29 is 4.79 Å². The van der Waals surface area contributed by atoms with Gasteiger partial charge in [-0.3, -0.25) is 4.79 Å². The summed E-state index contributed by atoms with van der Waals surface area (Å²) < 4.78 is 0. The van der Waals surface area contributed by atoms with Crippen LogP contribution in [0.3, 0.4) is 0 Å². The average molecular weight is 271 g/mol. The molecule has 0 saturated heterocycles. The molecule has 19 heavy (non-hydrogen) atoms. The van der Waals surface area contributed by atoms with Gasteiger partial charge in [-0.15, -0.1) is 11.3 Å². The van der Waals surface area contributed by atoms with Gasteiger partial charge in [0.2, 0.25) is 0 Å². The van der Waals surface area contributed by atoms with E-state index in [-0.39, 0.29) is 5.92 Å². The van der Waals surface area contributed by atoms with Gasteiger partial charge >= 0.3 is 0 Å². The Hall–Kier alpha value is -1.48. The predicted molar refractivity (Wildman–Crippen MR) is 77.9 cm³/mol. The van der Waals surface area contributed by atoms with Crippen molar-refractivity contribution in [1.82, 2.24) is 4.98 Å². The van der Waals surface area contributed by atoms with Crippen molar-refractivity contribution in [1.29, 1.82) is 0 Å². The molecule has 0 fully saturated rings. The summed E-state index contributed by atoms with van der Waals surface area (Å²) in [6.07, 6.45) is 2.76. The van der Waals surface area contributed by atoms with Crippen LogP contribution in [0.25, 0.3) is 0 Å². The summed E-state index contributed by atoms with van der Waals surface area (Å²) in [5, 5.41) is 1.10. The van der Waals surface area contributed by atoms with Crippen molar-refractivity contribution in [3.8, 4) is 0 Å². The Morgan fingerprint density at radius 1 is 1.32 bits per heavy atom. The molecule has 1 atom stereocenters. The monoisotopic (exact) mass is 271 g/mol. The van der Waals surface area contributed by atoms with Gasteiger partial charge in [-0.25, -0.2) is 4.98 Å². The van der Waals surface area contributed by atoms with Crippen LogP contribution in [0.5, 0.6) is 0 Å². The molecule has 2 aromatic rings. The van der Waals surface area contributed by atoms with Gasteiger partial charge in [-0.1, -0.05) is 24.3 Å². The topological polar surface area (TPSA) is 30.0 Å². The Bertz CT molecular complexity index is 610. The fourth-order valence-corrected chi connectivity index (χ4v) is 3.71. The number of rotatable bonds is 2. The van der Waals surface area contributed by atoms with E-state index in [9.17, 15) is 4.79 Å². The number of Topliss-reactive ketones (excluding diaryl/α,β-unsaturated/α-hetero) is 1. The maximum absolute atomic E-state index is 12.5. The summed E-state index contributed by atoms with van der Waals surface area (Å²) in [7, 11) is 0. The van der Waals surface area contributed by atoms with Gasteiger partial charge in [0.1, 0.15) is 0 Å². The molecule has 1 unspecified atom stereocenters. The number of carbonyl (C=O) groups excluding carboxylic acids is 1. The summed E-state index contributed by atoms with van der Waals surface area (Å²) in [6.45, 7) is 4.13. The number of aromatic nitrogens is 1. The van der Waals surface area contributed by atoms with E-state index in [0.717, 1.165) is 35.5 Å². The molecular formula is C16H17NOS. The number of nitrogens with zero attached hydrogens (tertiary/aromatic N) is 1. The highest BCUT2D eigenvalue weighted by Gasteiger charge is 2.27. The van der Waals surface area contributed by atoms with Gasteiger partial charge in [-0.05, 0) is 32.3 Å². The summed E-state index contributed by atoms with van der Waals surface area (Å²) in [5.74, 6) is 0.409. The van der Waals surface area contributed by atoms with Gasteiger partial charge in [-0.2, -0.15) is 0 Å². The van der Waals surface area contributed by atoms with Crippen LogP contribution in [0.1, 0.15) is 37.9 Å². The minimum Gasteiger partial charge on any atom is -0.294 e. The van der Waals surface area contributed by atoms with E-state index in [1.807, 2.05) is 25.1 Å². The van der Waals surface area contributed by atoms with Crippen LogP contribution in [-0.4, -0.2) is 10.8 Å². The van der Waals surface area contributed by atoms with E-state index in [1.54, 1.807) is 11.3 Å². The van der Waals surface area contributed by atoms with Crippen LogP contribution < -0.4 is 0 Å². The van der Waals surface area contributed by atoms with Gasteiger partial charge in [0, 0.05) is 22.8 Å². The first-order chi connectivity index (χ1) is 9.15. The minimum absolute atomic E-state index is 0.111. The number of fused-ring (bicyclic) bond motifs is 1. The zero-order chi connectivity index (χ0) is 13.4. The predicted octanol–water partition coefficient (Wildman–Crippen LogP) is 3.75. The lowest BCUT2D eigenvalue weighted by atomic mass is 9.81. The number of hydrogen-bond acceptors (Lipinski definition) is 3. The van der Waals surface area contributed by atoms with Crippen LogP contribution in [0.4, 0.5) is 0 Å². The Labute approximate surface area is 117 Å². The SMILES string of the molecule is Cc1nc(CC2CCc3ccccc3C2=O)sc1C. The van der Waals surface area contributed by atoms with Crippen LogP contribution in [-0.2, 0) is 12.8 Å². The zero-order valence-corrected chi connectivity index (χ0v) is 12.1. The Balaban J connectivity index is 1.83. The van der Waals surface area contributed by atoms with Crippen LogP contribution in [0.2, 0.25) is 0 Å².